The quantitative estimate of drug-likeness (QED) is 0.385. The highest BCUT2D eigenvalue weighted by atomic mass is 35.5. The van der Waals surface area contributed by atoms with E-state index < -0.39 is 0 Å². The Kier molecular flexibility index (Phi) is 9.31. The first kappa shape index (κ1) is 24.7. The van der Waals surface area contributed by atoms with Gasteiger partial charge in [0.1, 0.15) is 0 Å². The molecule has 6 nitrogen and oxygen atoms in total. The molecule has 0 fully saturated rings. The fraction of sp³-hybridized carbons (Fsp3) is 0.458. The van der Waals surface area contributed by atoms with E-state index in [-0.39, 0.29) is 12.4 Å². The summed E-state index contributed by atoms with van der Waals surface area (Å²) in [6.45, 7) is 10.4. The van der Waals surface area contributed by atoms with Gasteiger partial charge in [0.25, 0.3) is 0 Å². The summed E-state index contributed by atoms with van der Waals surface area (Å²) >= 11 is 0. The smallest absolute Gasteiger partial charge is 0.199 e. The van der Waals surface area contributed by atoms with Gasteiger partial charge in [0, 0.05) is 6.42 Å². The van der Waals surface area contributed by atoms with Crippen LogP contribution in [0.5, 0.6) is 23.0 Å². The predicted molar refractivity (Wildman–Crippen MR) is 125 cm³/mol. The zero-order valence-electron chi connectivity index (χ0n) is 18.7. The van der Waals surface area contributed by atoms with E-state index in [0.29, 0.717) is 57.3 Å². The van der Waals surface area contributed by atoms with Crippen LogP contribution in [0.3, 0.4) is 0 Å². The van der Waals surface area contributed by atoms with Gasteiger partial charge >= 0.3 is 0 Å². The van der Waals surface area contributed by atoms with E-state index in [2.05, 4.69) is 0 Å². The van der Waals surface area contributed by atoms with Crippen molar-refractivity contribution < 1.29 is 23.7 Å². The van der Waals surface area contributed by atoms with Gasteiger partial charge in [0.15, 0.2) is 35.3 Å². The molecule has 0 aromatic heterocycles. The van der Waals surface area contributed by atoms with Gasteiger partial charge in [-0.25, -0.2) is 4.74 Å². The third-order valence-corrected chi connectivity index (χ3v) is 4.94. The van der Waals surface area contributed by atoms with Crippen LogP contribution in [0.2, 0.25) is 0 Å². The molecule has 0 saturated heterocycles. The summed E-state index contributed by atoms with van der Waals surface area (Å²) in [5, 5.41) is 12.8. The lowest BCUT2D eigenvalue weighted by molar-refractivity contribution is -0.459. The zero-order chi connectivity index (χ0) is 21.5. The van der Waals surface area contributed by atoms with Gasteiger partial charge in [-0.1, -0.05) is 6.07 Å². The Balaban J connectivity index is 0.00000341. The Bertz CT molecular complexity index is 913. The van der Waals surface area contributed by atoms with Crippen LogP contribution in [0.1, 0.15) is 44.4 Å². The Morgan fingerprint density at radius 1 is 0.774 bits per heavy atom. The van der Waals surface area contributed by atoms with E-state index in [9.17, 15) is 5.21 Å². The molecule has 2 aromatic carbocycles. The fourth-order valence-corrected chi connectivity index (χ4v) is 3.69. The van der Waals surface area contributed by atoms with Crippen molar-refractivity contribution in [3.05, 3.63) is 52.2 Å². The maximum Gasteiger partial charge on any atom is 0.199 e. The average molecular weight is 450 g/mol. The number of halogens is 1. The summed E-state index contributed by atoms with van der Waals surface area (Å²) in [7, 11) is 0. The van der Waals surface area contributed by atoms with Crippen molar-refractivity contribution in [3.63, 3.8) is 0 Å². The summed E-state index contributed by atoms with van der Waals surface area (Å²) in [5.41, 5.74) is 3.76. The van der Waals surface area contributed by atoms with Gasteiger partial charge in [-0.05, 0) is 63.1 Å². The minimum absolute atomic E-state index is 0. The highest BCUT2D eigenvalue weighted by Gasteiger charge is 2.26. The minimum atomic E-state index is 0. The van der Waals surface area contributed by atoms with Crippen LogP contribution in [0.15, 0.2) is 30.3 Å². The van der Waals surface area contributed by atoms with Crippen molar-refractivity contribution in [2.75, 3.05) is 33.0 Å². The maximum absolute atomic E-state index is 12.8. The van der Waals surface area contributed by atoms with E-state index in [0.717, 1.165) is 38.6 Å². The Morgan fingerprint density at radius 3 is 1.94 bits per heavy atom. The molecular formula is C24H32ClNO5. The van der Waals surface area contributed by atoms with Crippen molar-refractivity contribution in [1.82, 2.24) is 0 Å². The Morgan fingerprint density at radius 2 is 1.32 bits per heavy atom. The molecule has 170 valence electrons. The van der Waals surface area contributed by atoms with Crippen molar-refractivity contribution in [2.45, 2.75) is 40.5 Å². The van der Waals surface area contributed by atoms with Crippen LogP contribution in [0.4, 0.5) is 0 Å². The minimum Gasteiger partial charge on any atom is -0.624 e. The molecule has 1 heterocycles. The highest BCUT2D eigenvalue weighted by Crippen LogP contribution is 2.34. The molecule has 0 radical (unpaired) electrons. The van der Waals surface area contributed by atoms with Gasteiger partial charge < -0.3 is 24.2 Å². The lowest BCUT2D eigenvalue weighted by Crippen LogP contribution is -2.28. The first-order valence-corrected chi connectivity index (χ1v) is 10.7. The second kappa shape index (κ2) is 11.7. The van der Waals surface area contributed by atoms with E-state index in [1.807, 2.05) is 58.0 Å². The standard InChI is InChI=1S/C24H31NO5.ClH/c1-5-27-21-10-9-17(14-22(21)28-6-2)13-20-19-16-24(30-8-4)23(29-7-3)15-18(19)11-12-25(20)26;/h9-10,14-16H,5-8,11-13H2,1-4H3;1H. The summed E-state index contributed by atoms with van der Waals surface area (Å²) in [4.78, 5) is 0. The highest BCUT2D eigenvalue weighted by molar-refractivity contribution is 6.01. The molecule has 0 N–H and O–H groups in total. The van der Waals surface area contributed by atoms with E-state index in [1.165, 1.54) is 0 Å². The maximum atomic E-state index is 12.8. The van der Waals surface area contributed by atoms with Crippen LogP contribution in [-0.4, -0.2) is 43.4 Å². The summed E-state index contributed by atoms with van der Waals surface area (Å²) < 4.78 is 24.0. The zero-order valence-corrected chi connectivity index (χ0v) is 19.5. The topological polar surface area (TPSA) is 63.0 Å². The normalized spacial score (nSPS) is 12.6. The number of hydroxylamine groups is 1. The fourth-order valence-electron chi connectivity index (χ4n) is 3.69. The number of rotatable bonds is 10. The third-order valence-electron chi connectivity index (χ3n) is 4.94. The molecule has 0 aliphatic carbocycles. The van der Waals surface area contributed by atoms with E-state index >= 15 is 0 Å². The average Bonchev–Trinajstić information content (AvgIpc) is 2.73. The molecule has 1 aliphatic heterocycles. The number of hydrogen-bond donors (Lipinski definition) is 0. The molecular weight excluding hydrogens is 418 g/mol. The van der Waals surface area contributed by atoms with E-state index in [1.54, 1.807) is 0 Å². The third kappa shape index (κ3) is 5.76. The van der Waals surface area contributed by atoms with Gasteiger partial charge in [-0.3, -0.25) is 0 Å². The number of hydrogen-bond acceptors (Lipinski definition) is 5. The van der Waals surface area contributed by atoms with Crippen LogP contribution in [0, 0.1) is 5.21 Å². The molecule has 7 heteroatoms. The largest absolute Gasteiger partial charge is 0.624 e. The molecule has 0 saturated carbocycles. The molecule has 0 unspecified atom stereocenters. The van der Waals surface area contributed by atoms with E-state index in [4.69, 9.17) is 18.9 Å². The van der Waals surface area contributed by atoms with Crippen molar-refractivity contribution in [3.8, 4) is 23.0 Å². The predicted octanol–water partition coefficient (Wildman–Crippen LogP) is 4.80. The molecule has 0 amide bonds. The van der Waals surface area contributed by atoms with Crippen molar-refractivity contribution in [1.29, 1.82) is 0 Å². The molecule has 3 rings (SSSR count). The molecule has 0 atom stereocenters. The lowest BCUT2D eigenvalue weighted by Gasteiger charge is -2.22. The number of fused-ring (bicyclic) bond motifs is 1. The Hall–Kier alpha value is -2.60. The van der Waals surface area contributed by atoms with Gasteiger partial charge in [0.2, 0.25) is 0 Å². The summed E-state index contributed by atoms with van der Waals surface area (Å²) in [6.07, 6.45) is 1.19. The van der Waals surface area contributed by atoms with Gasteiger partial charge in [-0.15, -0.1) is 12.4 Å². The monoisotopic (exact) mass is 449 g/mol. The van der Waals surface area contributed by atoms with Crippen molar-refractivity contribution in [2.24, 2.45) is 0 Å². The first-order chi connectivity index (χ1) is 14.6. The lowest BCUT2D eigenvalue weighted by atomic mass is 9.92. The molecule has 2 aromatic rings. The van der Waals surface area contributed by atoms with Gasteiger partial charge in [0.05, 0.1) is 38.4 Å². The SMILES string of the molecule is CCOc1ccc(CC2=[N+]([O-])CCc3cc(OCC)c(OCC)cc32)cc1OCC.Cl. The van der Waals surface area contributed by atoms with Crippen LogP contribution in [-0.2, 0) is 12.8 Å². The number of ether oxygens (including phenoxy) is 4. The molecule has 1 aliphatic rings. The van der Waals surface area contributed by atoms with Crippen molar-refractivity contribution >= 4 is 18.1 Å². The first-order valence-electron chi connectivity index (χ1n) is 10.7. The second-order valence-corrected chi connectivity index (χ2v) is 6.94. The van der Waals surface area contributed by atoms with Crippen LogP contribution < -0.4 is 18.9 Å². The molecule has 0 spiro atoms. The number of benzene rings is 2. The summed E-state index contributed by atoms with van der Waals surface area (Å²) in [6, 6.07) is 9.82. The molecule has 0 bridgehead atoms. The van der Waals surface area contributed by atoms with Gasteiger partial charge in [-0.2, -0.15) is 0 Å². The number of nitrogens with zero attached hydrogens (tertiary/aromatic N) is 1. The second-order valence-electron chi connectivity index (χ2n) is 6.94. The Labute approximate surface area is 190 Å². The van der Waals surface area contributed by atoms with Crippen LogP contribution >= 0.6 is 12.4 Å². The molecule has 31 heavy (non-hydrogen) atoms. The summed E-state index contributed by atoms with van der Waals surface area (Å²) in [5.74, 6) is 2.83. The van der Waals surface area contributed by atoms with Crippen LogP contribution in [0.25, 0.3) is 0 Å².